The maximum Gasteiger partial charge on any atom is 0.455 e. The van der Waals surface area contributed by atoms with E-state index in [-0.39, 0.29) is 0 Å². The lowest BCUT2D eigenvalue weighted by atomic mass is 10.4. The fraction of sp³-hybridized carbons (Fsp3) is 0.800. The molecule has 0 aliphatic carbocycles. The predicted octanol–water partition coefficient (Wildman–Crippen LogP) is -0.0489. The van der Waals surface area contributed by atoms with Gasteiger partial charge < -0.3 is 5.11 Å². The molecule has 1 N–H and O–H groups in total. The lowest BCUT2D eigenvalue weighted by molar-refractivity contribution is 0.0302. The number of likely N-dealkylation sites (tertiary alicyclic amines) is 1. The van der Waals surface area contributed by atoms with E-state index in [1.807, 2.05) is 0 Å². The number of carbonyl (C=O) groups excluding carboxylic acids is 1. The standard InChI is InChI=1S/C5H8NO3/c7-4-2-1-3-6(4)5(8)9/h4,7H,1-3H2. The van der Waals surface area contributed by atoms with Gasteiger partial charge in [-0.25, -0.2) is 9.90 Å². The highest BCUT2D eigenvalue weighted by atomic mass is 16.4. The number of aliphatic hydroxyl groups excluding tert-OH is 1. The molecule has 1 atom stereocenters. The molecular weight excluding hydrogens is 122 g/mol. The summed E-state index contributed by atoms with van der Waals surface area (Å²) in [5.74, 6) is 0. The van der Waals surface area contributed by atoms with Gasteiger partial charge in [-0.3, -0.25) is 4.90 Å². The number of nitrogens with zero attached hydrogens (tertiary/aromatic N) is 1. The molecule has 0 aromatic carbocycles. The highest BCUT2D eigenvalue weighted by Gasteiger charge is 2.26. The van der Waals surface area contributed by atoms with Crippen molar-refractivity contribution in [3.05, 3.63) is 0 Å². The van der Waals surface area contributed by atoms with E-state index < -0.39 is 12.3 Å². The predicted molar refractivity (Wildman–Crippen MR) is 28.0 cm³/mol. The molecule has 1 amide bonds. The zero-order chi connectivity index (χ0) is 6.85. The molecular formula is C5H8NO3. The average molecular weight is 130 g/mol. The molecule has 1 aliphatic rings. The normalized spacial score (nSPS) is 26.8. The average Bonchev–Trinajstić information content (AvgIpc) is 2.13. The highest BCUT2D eigenvalue weighted by Crippen LogP contribution is 2.13. The first-order valence-corrected chi connectivity index (χ1v) is 2.87. The van der Waals surface area contributed by atoms with Crippen LogP contribution in [0.25, 0.3) is 0 Å². The Morgan fingerprint density at radius 2 is 2.33 bits per heavy atom. The van der Waals surface area contributed by atoms with Gasteiger partial charge in [-0.1, -0.05) is 0 Å². The summed E-state index contributed by atoms with van der Waals surface area (Å²) in [6.07, 6.45) is -0.835. The van der Waals surface area contributed by atoms with Crippen LogP contribution in [0.4, 0.5) is 4.79 Å². The maximum absolute atomic E-state index is 10.1. The summed E-state index contributed by atoms with van der Waals surface area (Å²) < 4.78 is 0. The van der Waals surface area contributed by atoms with Gasteiger partial charge >= 0.3 is 6.09 Å². The lowest BCUT2D eigenvalue weighted by Gasteiger charge is -2.13. The van der Waals surface area contributed by atoms with E-state index in [4.69, 9.17) is 5.11 Å². The van der Waals surface area contributed by atoms with E-state index in [1.165, 1.54) is 0 Å². The van der Waals surface area contributed by atoms with Gasteiger partial charge in [0.25, 0.3) is 0 Å². The van der Waals surface area contributed by atoms with E-state index in [9.17, 15) is 9.90 Å². The van der Waals surface area contributed by atoms with Crippen molar-refractivity contribution in [1.29, 1.82) is 0 Å². The van der Waals surface area contributed by atoms with Gasteiger partial charge in [0.15, 0.2) is 0 Å². The molecule has 4 heteroatoms. The number of hydrogen-bond donors (Lipinski definition) is 1. The van der Waals surface area contributed by atoms with Crippen LogP contribution in [-0.4, -0.2) is 28.9 Å². The molecule has 0 aromatic heterocycles. The van der Waals surface area contributed by atoms with Crippen LogP contribution in [0.2, 0.25) is 0 Å². The van der Waals surface area contributed by atoms with E-state index in [2.05, 4.69) is 0 Å². The van der Waals surface area contributed by atoms with Crippen molar-refractivity contribution in [3.8, 4) is 0 Å². The number of hydrogen-bond acceptors (Lipinski definition) is 2. The van der Waals surface area contributed by atoms with Crippen LogP contribution >= 0.6 is 0 Å². The minimum atomic E-state index is -1.28. The smallest absolute Gasteiger partial charge is 0.373 e. The molecule has 0 spiro atoms. The molecule has 9 heavy (non-hydrogen) atoms. The third-order valence-corrected chi connectivity index (χ3v) is 1.46. The molecule has 1 saturated heterocycles. The van der Waals surface area contributed by atoms with Gasteiger partial charge in [-0.05, 0) is 12.8 Å². The molecule has 51 valence electrons. The number of rotatable bonds is 0. The molecule has 1 radical (unpaired) electrons. The van der Waals surface area contributed by atoms with Crippen LogP contribution in [0, 0.1) is 0 Å². The van der Waals surface area contributed by atoms with Gasteiger partial charge in [-0.15, -0.1) is 0 Å². The fourth-order valence-corrected chi connectivity index (χ4v) is 0.962. The molecule has 1 rings (SSSR count). The summed E-state index contributed by atoms with van der Waals surface area (Å²) in [6, 6.07) is 0. The Bertz CT molecular complexity index is 125. The largest absolute Gasteiger partial charge is 0.455 e. The first-order chi connectivity index (χ1) is 4.22. The molecule has 4 nitrogen and oxygen atoms in total. The van der Waals surface area contributed by atoms with E-state index in [0.29, 0.717) is 13.0 Å². The minimum absolute atomic E-state index is 0.406. The Balaban J connectivity index is 2.49. The quantitative estimate of drug-likeness (QED) is 0.499. The third-order valence-electron chi connectivity index (χ3n) is 1.46. The summed E-state index contributed by atoms with van der Waals surface area (Å²) in [5.41, 5.74) is 0. The van der Waals surface area contributed by atoms with E-state index in [0.717, 1.165) is 11.3 Å². The van der Waals surface area contributed by atoms with Gasteiger partial charge in [0.2, 0.25) is 0 Å². The van der Waals surface area contributed by atoms with Gasteiger partial charge in [0.1, 0.15) is 6.23 Å². The summed E-state index contributed by atoms with van der Waals surface area (Å²) in [5, 5.41) is 18.9. The van der Waals surface area contributed by atoms with Crippen molar-refractivity contribution in [2.24, 2.45) is 0 Å². The topological polar surface area (TPSA) is 60.4 Å². The van der Waals surface area contributed by atoms with E-state index in [1.54, 1.807) is 0 Å². The zero-order valence-electron chi connectivity index (χ0n) is 4.91. The van der Waals surface area contributed by atoms with Crippen LogP contribution in [0.5, 0.6) is 0 Å². The molecule has 0 saturated carbocycles. The molecule has 1 heterocycles. The Morgan fingerprint density at radius 3 is 2.56 bits per heavy atom. The van der Waals surface area contributed by atoms with Crippen LogP contribution in [0.3, 0.4) is 0 Å². The maximum atomic E-state index is 10.1. The van der Waals surface area contributed by atoms with Gasteiger partial charge in [-0.2, -0.15) is 0 Å². The molecule has 0 bridgehead atoms. The Morgan fingerprint density at radius 1 is 1.67 bits per heavy atom. The highest BCUT2D eigenvalue weighted by molar-refractivity contribution is 5.64. The van der Waals surface area contributed by atoms with Crippen molar-refractivity contribution in [3.63, 3.8) is 0 Å². The monoisotopic (exact) mass is 130 g/mol. The number of aliphatic hydroxyl groups is 1. The number of amides is 1. The molecule has 1 aliphatic heterocycles. The SMILES string of the molecule is [O]C(=O)N1CCCC1O. The van der Waals surface area contributed by atoms with Crippen molar-refractivity contribution in [2.75, 3.05) is 6.54 Å². The Labute approximate surface area is 52.7 Å². The fourth-order valence-electron chi connectivity index (χ4n) is 0.962. The van der Waals surface area contributed by atoms with Crippen molar-refractivity contribution < 1.29 is 15.0 Å². The summed E-state index contributed by atoms with van der Waals surface area (Å²) >= 11 is 0. The zero-order valence-corrected chi connectivity index (χ0v) is 4.91. The van der Waals surface area contributed by atoms with Gasteiger partial charge in [0.05, 0.1) is 0 Å². The second-order valence-electron chi connectivity index (χ2n) is 2.08. The number of carbonyl (C=O) groups is 1. The van der Waals surface area contributed by atoms with Crippen molar-refractivity contribution in [1.82, 2.24) is 4.90 Å². The minimum Gasteiger partial charge on any atom is -0.373 e. The van der Waals surface area contributed by atoms with Crippen molar-refractivity contribution >= 4 is 6.09 Å². The first kappa shape index (κ1) is 6.35. The van der Waals surface area contributed by atoms with Crippen LogP contribution < -0.4 is 0 Å². The summed E-state index contributed by atoms with van der Waals surface area (Å²) in [6.45, 7) is 0.406. The third kappa shape index (κ3) is 1.13. The molecule has 1 fully saturated rings. The summed E-state index contributed by atoms with van der Waals surface area (Å²) in [4.78, 5) is 11.0. The first-order valence-electron chi connectivity index (χ1n) is 2.87. The van der Waals surface area contributed by atoms with Crippen LogP contribution in [0.1, 0.15) is 12.8 Å². The lowest BCUT2D eigenvalue weighted by Crippen LogP contribution is -2.32. The second kappa shape index (κ2) is 2.23. The Hall–Kier alpha value is -0.770. The second-order valence-corrected chi connectivity index (χ2v) is 2.08. The Kier molecular flexibility index (Phi) is 1.57. The van der Waals surface area contributed by atoms with Gasteiger partial charge in [0, 0.05) is 6.54 Å². The van der Waals surface area contributed by atoms with Crippen LogP contribution in [-0.2, 0) is 5.11 Å². The molecule has 0 aromatic rings. The van der Waals surface area contributed by atoms with Crippen LogP contribution in [0.15, 0.2) is 0 Å². The molecule has 1 unspecified atom stereocenters. The summed E-state index contributed by atoms with van der Waals surface area (Å²) in [7, 11) is 0. The van der Waals surface area contributed by atoms with E-state index >= 15 is 0 Å². The van der Waals surface area contributed by atoms with Crippen molar-refractivity contribution in [2.45, 2.75) is 19.1 Å².